The molecule has 2 heterocycles. The Labute approximate surface area is 127 Å². The van der Waals surface area contributed by atoms with Crippen LogP contribution in [-0.4, -0.2) is 18.7 Å². The van der Waals surface area contributed by atoms with Crippen LogP contribution in [0.2, 0.25) is 0 Å². The second-order valence-corrected chi connectivity index (χ2v) is 6.16. The highest BCUT2D eigenvalue weighted by Gasteiger charge is 2.35. The lowest BCUT2D eigenvalue weighted by Crippen LogP contribution is -2.65. The van der Waals surface area contributed by atoms with E-state index in [-0.39, 0.29) is 6.85 Å². The van der Waals surface area contributed by atoms with Gasteiger partial charge >= 0.3 is 6.85 Å². The Hall–Kier alpha value is -2.03. The molecule has 3 rings (SSSR count). The summed E-state index contributed by atoms with van der Waals surface area (Å²) in [6.45, 7) is 4.77. The Morgan fingerprint density at radius 2 is 1.90 bits per heavy atom. The number of hydrogen-bond acceptors (Lipinski definition) is 1. The van der Waals surface area contributed by atoms with E-state index < -0.39 is 0 Å². The minimum atomic E-state index is 0.273. The topological polar surface area (TPSA) is 7.12 Å². The average molecular weight is 277 g/mol. The van der Waals surface area contributed by atoms with Crippen molar-refractivity contribution in [2.45, 2.75) is 19.8 Å². The molecule has 0 atom stereocenters. The highest BCUT2D eigenvalue weighted by molar-refractivity contribution is 6.82. The minimum absolute atomic E-state index is 0.273. The highest BCUT2D eigenvalue weighted by atomic mass is 15.0. The lowest BCUT2D eigenvalue weighted by atomic mass is 9.49. The van der Waals surface area contributed by atoms with Crippen LogP contribution in [0.5, 0.6) is 0 Å². The van der Waals surface area contributed by atoms with Crippen molar-refractivity contribution in [3.05, 3.63) is 59.9 Å². The number of fused-ring (bicyclic) bond motifs is 1. The van der Waals surface area contributed by atoms with E-state index in [1.54, 1.807) is 0 Å². The van der Waals surface area contributed by atoms with E-state index in [2.05, 4.69) is 92.2 Å². The minimum Gasteiger partial charge on any atom is -0.411 e. The molecule has 0 saturated carbocycles. The molecule has 1 aliphatic rings. The molecule has 1 aromatic carbocycles. The molecule has 0 aliphatic carbocycles. The molecule has 0 radical (unpaired) electrons. The van der Waals surface area contributed by atoms with E-state index >= 15 is 0 Å². The first-order chi connectivity index (χ1) is 10.1. The zero-order valence-corrected chi connectivity index (χ0v) is 13.2. The van der Waals surface area contributed by atoms with Crippen LogP contribution in [0.1, 0.15) is 30.9 Å². The van der Waals surface area contributed by atoms with Crippen LogP contribution in [-0.2, 0) is 7.05 Å². The third kappa shape index (κ3) is 2.48. The number of rotatable bonds is 2. The molecule has 2 aromatic rings. The van der Waals surface area contributed by atoms with Gasteiger partial charge in [-0.3, -0.25) is 0 Å². The standard InChI is InChI=1S/C18H22BN2/c1-14(2)16-9-11-20(3)18(13-16)19-17-8-6-5-7-15(17)10-12-21(19)4/h5-14H,1-4H3/q+1. The van der Waals surface area contributed by atoms with Crippen molar-refractivity contribution in [2.24, 2.45) is 7.05 Å². The molecule has 0 saturated heterocycles. The second-order valence-electron chi connectivity index (χ2n) is 6.16. The summed E-state index contributed by atoms with van der Waals surface area (Å²) < 4.78 is 2.24. The summed E-state index contributed by atoms with van der Waals surface area (Å²) in [4.78, 5) is 2.29. The normalized spacial score (nSPS) is 13.8. The van der Waals surface area contributed by atoms with Crippen molar-refractivity contribution in [3.63, 3.8) is 0 Å². The molecule has 106 valence electrons. The number of hydrogen-bond donors (Lipinski definition) is 0. The van der Waals surface area contributed by atoms with Gasteiger partial charge in [-0.2, -0.15) is 0 Å². The SMILES string of the molecule is CC(C)c1cc[n+](C)c(B2c3ccccc3C=CN2C)c1. The van der Waals surface area contributed by atoms with Crippen LogP contribution in [0.3, 0.4) is 0 Å². The summed E-state index contributed by atoms with van der Waals surface area (Å²) in [5, 5.41) is 0. The van der Waals surface area contributed by atoms with Gasteiger partial charge in [-0.1, -0.05) is 38.1 Å². The third-order valence-electron chi connectivity index (χ3n) is 4.35. The number of benzene rings is 1. The Balaban J connectivity index is 2.15. The van der Waals surface area contributed by atoms with Crippen molar-refractivity contribution < 1.29 is 4.57 Å². The highest BCUT2D eigenvalue weighted by Crippen LogP contribution is 2.13. The van der Waals surface area contributed by atoms with Gasteiger partial charge in [0.05, 0.1) is 0 Å². The zero-order valence-electron chi connectivity index (χ0n) is 13.2. The van der Waals surface area contributed by atoms with E-state index in [0.717, 1.165) is 0 Å². The first-order valence-electron chi connectivity index (χ1n) is 7.56. The van der Waals surface area contributed by atoms with Crippen LogP contribution in [0.25, 0.3) is 6.08 Å². The molecular weight excluding hydrogens is 255 g/mol. The Morgan fingerprint density at radius 3 is 2.67 bits per heavy atom. The summed E-state index contributed by atoms with van der Waals surface area (Å²) in [5.74, 6) is 0.546. The van der Waals surface area contributed by atoms with Crippen molar-refractivity contribution in [1.29, 1.82) is 0 Å². The van der Waals surface area contributed by atoms with E-state index in [1.165, 1.54) is 22.2 Å². The molecule has 0 fully saturated rings. The number of nitrogens with zero attached hydrogens (tertiary/aromatic N) is 2. The summed E-state index contributed by atoms with van der Waals surface area (Å²) in [6.07, 6.45) is 6.55. The number of aromatic nitrogens is 1. The molecule has 0 spiro atoms. The summed E-state index contributed by atoms with van der Waals surface area (Å²) in [5.41, 5.74) is 5.42. The quantitative estimate of drug-likeness (QED) is 0.598. The van der Waals surface area contributed by atoms with Gasteiger partial charge in [-0.15, -0.1) is 0 Å². The fourth-order valence-electron chi connectivity index (χ4n) is 3.02. The Bertz CT molecular complexity index is 691. The van der Waals surface area contributed by atoms with E-state index in [1.807, 2.05) is 0 Å². The summed E-state index contributed by atoms with van der Waals surface area (Å²) in [7, 11) is 4.29. The average Bonchev–Trinajstić information content (AvgIpc) is 2.48. The molecular formula is C18H22BN2+. The van der Waals surface area contributed by atoms with Gasteiger partial charge in [0.15, 0.2) is 11.8 Å². The maximum atomic E-state index is 2.35. The van der Waals surface area contributed by atoms with Crippen molar-refractivity contribution in [1.82, 2.24) is 4.81 Å². The predicted molar refractivity (Wildman–Crippen MR) is 90.0 cm³/mol. The molecule has 3 heteroatoms. The molecule has 1 aromatic heterocycles. The molecule has 0 bridgehead atoms. The van der Waals surface area contributed by atoms with Gasteiger partial charge in [-0.05, 0) is 41.8 Å². The maximum Gasteiger partial charge on any atom is 0.403 e. The second kappa shape index (κ2) is 5.40. The lowest BCUT2D eigenvalue weighted by molar-refractivity contribution is -0.654. The van der Waals surface area contributed by atoms with Crippen LogP contribution in [0.15, 0.2) is 48.8 Å². The van der Waals surface area contributed by atoms with Crippen molar-refractivity contribution in [3.8, 4) is 0 Å². The monoisotopic (exact) mass is 277 g/mol. The van der Waals surface area contributed by atoms with Gasteiger partial charge in [0.2, 0.25) is 0 Å². The predicted octanol–water partition coefficient (Wildman–Crippen LogP) is 1.66. The molecule has 21 heavy (non-hydrogen) atoms. The zero-order chi connectivity index (χ0) is 15.0. The van der Waals surface area contributed by atoms with Crippen molar-refractivity contribution >= 4 is 24.0 Å². The van der Waals surface area contributed by atoms with Gasteiger partial charge in [-0.25, -0.2) is 4.57 Å². The summed E-state index contributed by atoms with van der Waals surface area (Å²) >= 11 is 0. The van der Waals surface area contributed by atoms with E-state index in [0.29, 0.717) is 5.92 Å². The maximum absolute atomic E-state index is 2.35. The third-order valence-corrected chi connectivity index (χ3v) is 4.35. The Morgan fingerprint density at radius 1 is 1.14 bits per heavy atom. The molecule has 0 amide bonds. The lowest BCUT2D eigenvalue weighted by Gasteiger charge is -2.27. The smallest absolute Gasteiger partial charge is 0.403 e. The van der Waals surface area contributed by atoms with Crippen LogP contribution in [0, 0.1) is 0 Å². The first kappa shape index (κ1) is 13.9. The van der Waals surface area contributed by atoms with Crippen LogP contribution < -0.4 is 15.6 Å². The molecule has 0 N–H and O–H groups in total. The van der Waals surface area contributed by atoms with E-state index in [4.69, 9.17) is 0 Å². The van der Waals surface area contributed by atoms with Crippen LogP contribution in [0.4, 0.5) is 0 Å². The van der Waals surface area contributed by atoms with Gasteiger partial charge in [0.25, 0.3) is 0 Å². The number of pyridine rings is 1. The van der Waals surface area contributed by atoms with Crippen LogP contribution >= 0.6 is 0 Å². The van der Waals surface area contributed by atoms with Gasteiger partial charge < -0.3 is 4.81 Å². The fraction of sp³-hybridized carbons (Fsp3) is 0.278. The van der Waals surface area contributed by atoms with E-state index in [9.17, 15) is 0 Å². The summed E-state index contributed by atoms with van der Waals surface area (Å²) in [6, 6.07) is 13.2. The fourth-order valence-corrected chi connectivity index (χ4v) is 3.02. The van der Waals surface area contributed by atoms with Crippen molar-refractivity contribution in [2.75, 3.05) is 7.05 Å². The largest absolute Gasteiger partial charge is 0.411 e. The first-order valence-corrected chi connectivity index (χ1v) is 7.56. The number of aryl methyl sites for hydroxylation is 1. The molecule has 1 aliphatic heterocycles. The van der Waals surface area contributed by atoms with Gasteiger partial charge in [0, 0.05) is 12.1 Å². The molecule has 0 unspecified atom stereocenters. The molecule has 2 nitrogen and oxygen atoms in total. The Kier molecular flexibility index (Phi) is 3.58. The van der Waals surface area contributed by atoms with Gasteiger partial charge in [0.1, 0.15) is 7.05 Å².